The lowest BCUT2D eigenvalue weighted by Crippen LogP contribution is -2.34. The van der Waals surface area contributed by atoms with Crippen LogP contribution in [0.1, 0.15) is 35.7 Å². The van der Waals surface area contributed by atoms with Gasteiger partial charge in [-0.15, -0.1) is 0 Å². The maximum atomic E-state index is 13.4. The number of nitrogens with zero attached hydrogens (tertiary/aromatic N) is 5. The van der Waals surface area contributed by atoms with E-state index in [2.05, 4.69) is 20.0 Å². The standard InChI is InChI=1S/C19H20F3N5O/c1-28-15-6-2-4-13(8-15)10-26-7-3-5-14(11-26)16-9-17(19(20,21)22)27-18(25-16)23-12-24-27/h2,4,6,8-9,12,14H,3,5,7,10-11H2,1H3. The number of piperidine rings is 1. The molecule has 0 spiro atoms. The average molecular weight is 391 g/mol. The van der Waals surface area contributed by atoms with Crippen molar-refractivity contribution >= 4 is 5.78 Å². The van der Waals surface area contributed by atoms with Gasteiger partial charge in [-0.25, -0.2) is 4.98 Å². The predicted molar refractivity (Wildman–Crippen MR) is 96.0 cm³/mol. The predicted octanol–water partition coefficient (Wildman–Crippen LogP) is 3.53. The Balaban J connectivity index is 1.57. The first-order valence-corrected chi connectivity index (χ1v) is 9.07. The van der Waals surface area contributed by atoms with E-state index in [0.717, 1.165) is 47.6 Å². The summed E-state index contributed by atoms with van der Waals surface area (Å²) in [5.74, 6) is 0.691. The molecule has 1 saturated heterocycles. The first kappa shape index (κ1) is 18.7. The molecule has 0 saturated carbocycles. The summed E-state index contributed by atoms with van der Waals surface area (Å²) in [4.78, 5) is 10.5. The topological polar surface area (TPSA) is 55.6 Å². The number of benzene rings is 1. The van der Waals surface area contributed by atoms with Crippen LogP contribution in [-0.4, -0.2) is 44.7 Å². The number of halogens is 3. The van der Waals surface area contributed by atoms with Gasteiger partial charge < -0.3 is 4.74 Å². The zero-order valence-electron chi connectivity index (χ0n) is 15.4. The van der Waals surface area contributed by atoms with Crippen molar-refractivity contribution in [3.05, 3.63) is 53.6 Å². The van der Waals surface area contributed by atoms with E-state index in [4.69, 9.17) is 4.74 Å². The van der Waals surface area contributed by atoms with Crippen LogP contribution >= 0.6 is 0 Å². The van der Waals surface area contributed by atoms with Gasteiger partial charge in [0.05, 0.1) is 12.8 Å². The number of hydrogen-bond donors (Lipinski definition) is 0. The number of likely N-dealkylation sites (tertiary alicyclic amines) is 1. The van der Waals surface area contributed by atoms with Gasteiger partial charge >= 0.3 is 6.18 Å². The molecule has 1 atom stereocenters. The van der Waals surface area contributed by atoms with Crippen LogP contribution in [-0.2, 0) is 12.7 Å². The van der Waals surface area contributed by atoms with Crippen LogP contribution in [0, 0.1) is 0 Å². The molecule has 2 aromatic heterocycles. The first-order valence-electron chi connectivity index (χ1n) is 9.07. The molecular weight excluding hydrogens is 371 g/mol. The number of rotatable bonds is 4. The van der Waals surface area contributed by atoms with Crippen LogP contribution in [0.15, 0.2) is 36.7 Å². The van der Waals surface area contributed by atoms with Crippen molar-refractivity contribution in [2.45, 2.75) is 31.5 Å². The molecule has 1 unspecified atom stereocenters. The second-order valence-corrected chi connectivity index (χ2v) is 6.96. The fourth-order valence-corrected chi connectivity index (χ4v) is 3.71. The average Bonchev–Trinajstić information content (AvgIpc) is 3.15. The lowest BCUT2D eigenvalue weighted by Gasteiger charge is -2.32. The number of methoxy groups -OCH3 is 1. The summed E-state index contributed by atoms with van der Waals surface area (Å²) >= 11 is 0. The molecule has 1 aliphatic rings. The van der Waals surface area contributed by atoms with Gasteiger partial charge in [0, 0.05) is 19.0 Å². The quantitative estimate of drug-likeness (QED) is 0.681. The summed E-state index contributed by atoms with van der Waals surface area (Å²) in [6.45, 7) is 2.26. The lowest BCUT2D eigenvalue weighted by molar-refractivity contribution is -0.142. The van der Waals surface area contributed by atoms with Crippen molar-refractivity contribution in [2.75, 3.05) is 20.2 Å². The Bertz CT molecular complexity index is 972. The minimum atomic E-state index is -4.52. The highest BCUT2D eigenvalue weighted by Gasteiger charge is 2.36. The Labute approximate surface area is 160 Å². The molecule has 0 amide bonds. The molecule has 9 heteroatoms. The normalized spacial score (nSPS) is 18.5. The molecular formula is C19H20F3N5O. The highest BCUT2D eigenvalue weighted by Crippen LogP contribution is 2.33. The molecule has 4 rings (SSSR count). The van der Waals surface area contributed by atoms with Crippen LogP contribution in [0.5, 0.6) is 5.75 Å². The van der Waals surface area contributed by atoms with Crippen molar-refractivity contribution in [1.29, 1.82) is 0 Å². The Morgan fingerprint density at radius 3 is 2.89 bits per heavy atom. The van der Waals surface area contributed by atoms with Crippen LogP contribution < -0.4 is 4.74 Å². The van der Waals surface area contributed by atoms with Gasteiger partial charge in [0.1, 0.15) is 12.1 Å². The lowest BCUT2D eigenvalue weighted by atomic mass is 9.93. The first-order chi connectivity index (χ1) is 13.4. The molecule has 3 heterocycles. The van der Waals surface area contributed by atoms with Gasteiger partial charge in [-0.1, -0.05) is 12.1 Å². The van der Waals surface area contributed by atoms with Gasteiger partial charge in [0.15, 0.2) is 5.69 Å². The van der Waals surface area contributed by atoms with E-state index < -0.39 is 11.9 Å². The van der Waals surface area contributed by atoms with Gasteiger partial charge in [0.2, 0.25) is 0 Å². The molecule has 0 N–H and O–H groups in total. The van der Waals surface area contributed by atoms with Gasteiger partial charge in [0.25, 0.3) is 5.78 Å². The van der Waals surface area contributed by atoms with Crippen molar-refractivity contribution in [3.8, 4) is 5.75 Å². The van der Waals surface area contributed by atoms with Crippen molar-refractivity contribution < 1.29 is 17.9 Å². The number of fused-ring (bicyclic) bond motifs is 1. The van der Waals surface area contributed by atoms with Crippen LogP contribution in [0.25, 0.3) is 5.78 Å². The van der Waals surface area contributed by atoms with Crippen LogP contribution in [0.2, 0.25) is 0 Å². The van der Waals surface area contributed by atoms with Gasteiger partial charge in [-0.3, -0.25) is 4.90 Å². The Morgan fingerprint density at radius 1 is 1.25 bits per heavy atom. The van der Waals surface area contributed by atoms with Crippen molar-refractivity contribution in [2.24, 2.45) is 0 Å². The molecule has 3 aromatic rings. The number of aromatic nitrogens is 4. The largest absolute Gasteiger partial charge is 0.497 e. The van der Waals surface area contributed by atoms with E-state index >= 15 is 0 Å². The number of hydrogen-bond acceptors (Lipinski definition) is 5. The third-order valence-electron chi connectivity index (χ3n) is 5.03. The van der Waals surface area contributed by atoms with Crippen LogP contribution in [0.3, 0.4) is 0 Å². The maximum Gasteiger partial charge on any atom is 0.433 e. The van der Waals surface area contributed by atoms with E-state index in [1.807, 2.05) is 24.3 Å². The zero-order chi connectivity index (χ0) is 19.7. The van der Waals surface area contributed by atoms with Gasteiger partial charge in [-0.05, 0) is 43.1 Å². The Hall–Kier alpha value is -2.68. The Morgan fingerprint density at radius 2 is 2.11 bits per heavy atom. The Kier molecular flexibility index (Phi) is 4.92. The molecule has 6 nitrogen and oxygen atoms in total. The second-order valence-electron chi connectivity index (χ2n) is 6.96. The molecule has 1 aromatic carbocycles. The monoisotopic (exact) mass is 391 g/mol. The SMILES string of the molecule is COc1cccc(CN2CCCC(c3cc(C(F)(F)F)n4ncnc4n3)C2)c1. The molecule has 0 radical (unpaired) electrons. The van der Waals surface area contributed by atoms with E-state index in [9.17, 15) is 13.2 Å². The molecule has 1 aliphatic heterocycles. The highest BCUT2D eigenvalue weighted by atomic mass is 19.4. The van der Waals surface area contributed by atoms with E-state index in [-0.39, 0.29) is 11.7 Å². The van der Waals surface area contributed by atoms with E-state index in [1.165, 1.54) is 0 Å². The summed E-state index contributed by atoms with van der Waals surface area (Å²) in [6, 6.07) is 8.94. The summed E-state index contributed by atoms with van der Waals surface area (Å²) in [5.41, 5.74) is 0.690. The van der Waals surface area contributed by atoms with Crippen molar-refractivity contribution in [1.82, 2.24) is 24.5 Å². The number of ether oxygens (including phenoxy) is 1. The molecule has 148 valence electrons. The fraction of sp³-hybridized carbons (Fsp3) is 0.421. The molecule has 1 fully saturated rings. The molecule has 28 heavy (non-hydrogen) atoms. The summed E-state index contributed by atoms with van der Waals surface area (Å²) < 4.78 is 46.3. The summed E-state index contributed by atoms with van der Waals surface area (Å²) in [6.07, 6.45) is -1.73. The van der Waals surface area contributed by atoms with Gasteiger partial charge in [-0.2, -0.15) is 27.8 Å². The minimum Gasteiger partial charge on any atom is -0.497 e. The maximum absolute atomic E-state index is 13.4. The third kappa shape index (κ3) is 3.80. The van der Waals surface area contributed by atoms with Crippen LogP contribution in [0.4, 0.5) is 13.2 Å². The van der Waals surface area contributed by atoms with Crippen molar-refractivity contribution in [3.63, 3.8) is 0 Å². The summed E-state index contributed by atoms with van der Waals surface area (Å²) in [5, 5.41) is 3.66. The highest BCUT2D eigenvalue weighted by molar-refractivity contribution is 5.33. The van der Waals surface area contributed by atoms with E-state index in [1.54, 1.807) is 7.11 Å². The molecule has 0 aliphatic carbocycles. The molecule has 0 bridgehead atoms. The smallest absolute Gasteiger partial charge is 0.433 e. The summed E-state index contributed by atoms with van der Waals surface area (Å²) in [7, 11) is 1.63. The number of alkyl halides is 3. The van der Waals surface area contributed by atoms with E-state index in [0.29, 0.717) is 18.8 Å². The fourth-order valence-electron chi connectivity index (χ4n) is 3.71. The minimum absolute atomic E-state index is 0.0188. The second kappa shape index (κ2) is 7.38. The zero-order valence-corrected chi connectivity index (χ0v) is 15.4. The third-order valence-corrected chi connectivity index (χ3v) is 5.03.